The van der Waals surface area contributed by atoms with Crippen molar-refractivity contribution >= 4 is 22.1 Å². The molecular formula is C17H23N5O3S. The molecule has 0 aromatic carbocycles. The van der Waals surface area contributed by atoms with E-state index >= 15 is 0 Å². The van der Waals surface area contributed by atoms with Crippen LogP contribution in [-0.2, 0) is 41.3 Å². The van der Waals surface area contributed by atoms with E-state index in [2.05, 4.69) is 5.10 Å². The Balaban J connectivity index is 1.89. The second-order valence-electron chi connectivity index (χ2n) is 7.21. The lowest BCUT2D eigenvalue weighted by atomic mass is 9.86. The molecule has 0 fully saturated rings. The largest absolute Gasteiger partial charge is 0.382 e. The van der Waals surface area contributed by atoms with Crippen LogP contribution >= 0.6 is 0 Å². The van der Waals surface area contributed by atoms with Crippen molar-refractivity contribution in [3.63, 3.8) is 0 Å². The topological polar surface area (TPSA) is 103 Å². The third-order valence-electron chi connectivity index (χ3n) is 5.49. The molecule has 0 saturated carbocycles. The fraction of sp³-hybridized carbons (Fsp3) is 0.529. The summed E-state index contributed by atoms with van der Waals surface area (Å²) in [5, 5.41) is 4.53. The molecule has 8 nitrogen and oxygen atoms in total. The molecule has 26 heavy (non-hydrogen) atoms. The molecule has 2 N–H and O–H groups in total. The molecule has 140 valence electrons. The van der Waals surface area contributed by atoms with Crippen LogP contribution in [0.25, 0.3) is 5.82 Å². The Morgan fingerprint density at radius 1 is 1.35 bits per heavy atom. The van der Waals surface area contributed by atoms with Gasteiger partial charge in [-0.2, -0.15) is 4.31 Å². The fourth-order valence-electron chi connectivity index (χ4n) is 4.24. The van der Waals surface area contributed by atoms with Crippen LogP contribution in [0.2, 0.25) is 0 Å². The first-order chi connectivity index (χ1) is 12.3. The van der Waals surface area contributed by atoms with Gasteiger partial charge in [0.15, 0.2) is 0 Å². The normalized spacial score (nSPS) is 20.6. The highest BCUT2D eigenvalue weighted by Gasteiger charge is 2.33. The molecule has 2 aromatic heterocycles. The van der Waals surface area contributed by atoms with Gasteiger partial charge in [-0.1, -0.05) is 0 Å². The number of carbonyl (C=O) groups excluding carboxylic acids is 1. The van der Waals surface area contributed by atoms with Crippen molar-refractivity contribution in [2.75, 3.05) is 18.5 Å². The lowest BCUT2D eigenvalue weighted by molar-refractivity contribution is -0.109. The molecule has 1 aliphatic carbocycles. The average Bonchev–Trinajstić information content (AvgIpc) is 3.09. The van der Waals surface area contributed by atoms with Crippen LogP contribution in [0.15, 0.2) is 6.20 Å². The van der Waals surface area contributed by atoms with Crippen LogP contribution in [0.3, 0.4) is 0 Å². The Labute approximate surface area is 152 Å². The number of anilines is 1. The van der Waals surface area contributed by atoms with Crippen molar-refractivity contribution in [1.82, 2.24) is 18.7 Å². The van der Waals surface area contributed by atoms with Crippen molar-refractivity contribution < 1.29 is 13.2 Å². The maximum absolute atomic E-state index is 12.0. The van der Waals surface area contributed by atoms with Crippen molar-refractivity contribution in [1.29, 1.82) is 0 Å². The second-order valence-corrected chi connectivity index (χ2v) is 9.19. The van der Waals surface area contributed by atoms with Gasteiger partial charge in [-0.05, 0) is 31.2 Å². The summed E-state index contributed by atoms with van der Waals surface area (Å²) in [5.41, 5.74) is 9.98. The Hall–Kier alpha value is -2.13. The zero-order valence-corrected chi connectivity index (χ0v) is 15.8. The van der Waals surface area contributed by atoms with Gasteiger partial charge in [0.1, 0.15) is 17.9 Å². The summed E-state index contributed by atoms with van der Waals surface area (Å²) in [6.45, 7) is 0.647. The lowest BCUT2D eigenvalue weighted by Gasteiger charge is -2.26. The van der Waals surface area contributed by atoms with E-state index in [4.69, 9.17) is 5.73 Å². The van der Waals surface area contributed by atoms with Crippen molar-refractivity contribution in [3.05, 3.63) is 28.6 Å². The summed E-state index contributed by atoms with van der Waals surface area (Å²) in [7, 11) is -1.37. The smallest absolute Gasteiger partial charge is 0.211 e. The quantitative estimate of drug-likeness (QED) is 0.794. The highest BCUT2D eigenvalue weighted by atomic mass is 32.2. The highest BCUT2D eigenvalue weighted by molar-refractivity contribution is 7.88. The highest BCUT2D eigenvalue weighted by Crippen LogP contribution is 2.37. The number of aldehydes is 1. The molecule has 9 heteroatoms. The maximum atomic E-state index is 12.0. The van der Waals surface area contributed by atoms with Gasteiger partial charge in [-0.15, -0.1) is 5.10 Å². The predicted molar refractivity (Wildman–Crippen MR) is 97.6 cm³/mol. The first kappa shape index (κ1) is 17.3. The number of rotatable bonds is 3. The number of aryl methyl sites for hydroxylation is 2. The molecule has 3 heterocycles. The Morgan fingerprint density at radius 2 is 2.12 bits per heavy atom. The number of nitrogens with two attached hydrogens (primary N) is 1. The van der Waals surface area contributed by atoms with E-state index in [9.17, 15) is 13.2 Å². The molecule has 4 rings (SSSR count). The fourth-order valence-corrected chi connectivity index (χ4v) is 5.02. The predicted octanol–water partition coefficient (Wildman–Crippen LogP) is 0.730. The van der Waals surface area contributed by atoms with Crippen LogP contribution < -0.4 is 5.73 Å². The summed E-state index contributed by atoms with van der Waals surface area (Å²) < 4.78 is 29.2. The molecule has 0 amide bonds. The number of aromatic nitrogens is 3. The van der Waals surface area contributed by atoms with Crippen molar-refractivity contribution in [3.8, 4) is 5.82 Å². The number of fused-ring (bicyclic) bond motifs is 2. The van der Waals surface area contributed by atoms with Crippen LogP contribution in [0.5, 0.6) is 0 Å². The summed E-state index contributed by atoms with van der Waals surface area (Å²) >= 11 is 0. The summed E-state index contributed by atoms with van der Waals surface area (Å²) in [5.74, 6) is 1.09. The summed E-state index contributed by atoms with van der Waals surface area (Å²) in [6, 6.07) is 0. The van der Waals surface area contributed by atoms with E-state index in [1.165, 1.54) is 10.6 Å². The Morgan fingerprint density at radius 3 is 2.81 bits per heavy atom. The molecule has 2 aliphatic rings. The molecule has 2 aromatic rings. The average molecular weight is 377 g/mol. The number of nitrogen functional groups attached to an aromatic ring is 1. The van der Waals surface area contributed by atoms with Crippen molar-refractivity contribution in [2.45, 2.75) is 38.1 Å². The number of hydrogen-bond donors (Lipinski definition) is 1. The number of nitrogens with zero attached hydrogens (tertiary/aromatic N) is 4. The Kier molecular flexibility index (Phi) is 3.96. The van der Waals surface area contributed by atoms with Gasteiger partial charge in [0.05, 0.1) is 18.5 Å². The molecule has 0 spiro atoms. The zero-order chi connectivity index (χ0) is 18.6. The first-order valence-corrected chi connectivity index (χ1v) is 10.6. The second kappa shape index (κ2) is 5.95. The van der Waals surface area contributed by atoms with E-state index in [-0.39, 0.29) is 12.5 Å². The number of carbonyl (C=O) groups is 1. The molecular weight excluding hydrogens is 354 g/mol. The van der Waals surface area contributed by atoms with Crippen LogP contribution in [-0.4, -0.2) is 46.2 Å². The van der Waals surface area contributed by atoms with Gasteiger partial charge >= 0.3 is 0 Å². The summed E-state index contributed by atoms with van der Waals surface area (Å²) in [6.07, 6.45) is 7.54. The minimum atomic E-state index is -3.30. The number of hydrogen-bond acceptors (Lipinski definition) is 5. The van der Waals surface area contributed by atoms with Crippen LogP contribution in [0, 0.1) is 0 Å². The first-order valence-electron chi connectivity index (χ1n) is 8.76. The van der Waals surface area contributed by atoms with Gasteiger partial charge in [0.2, 0.25) is 10.0 Å². The van der Waals surface area contributed by atoms with E-state index in [1.807, 2.05) is 17.8 Å². The summed E-state index contributed by atoms with van der Waals surface area (Å²) in [4.78, 5) is 11.6. The van der Waals surface area contributed by atoms with E-state index in [0.717, 1.165) is 53.8 Å². The molecule has 0 bridgehead atoms. The third kappa shape index (κ3) is 2.57. The zero-order valence-electron chi connectivity index (χ0n) is 15.0. The van der Waals surface area contributed by atoms with Gasteiger partial charge in [-0.3, -0.25) is 0 Å². The third-order valence-corrected chi connectivity index (χ3v) is 6.74. The van der Waals surface area contributed by atoms with Crippen LogP contribution in [0.4, 0.5) is 5.82 Å². The van der Waals surface area contributed by atoms with Gasteiger partial charge in [-0.25, -0.2) is 13.1 Å². The van der Waals surface area contributed by atoms with Crippen LogP contribution in [0.1, 0.15) is 41.1 Å². The minimum absolute atomic E-state index is 0.161. The maximum Gasteiger partial charge on any atom is 0.211 e. The van der Waals surface area contributed by atoms with Gasteiger partial charge in [0.25, 0.3) is 0 Å². The Bertz CT molecular complexity index is 989. The van der Waals surface area contributed by atoms with Gasteiger partial charge < -0.3 is 15.1 Å². The lowest BCUT2D eigenvalue weighted by Crippen LogP contribution is -2.36. The molecule has 0 radical (unpaired) electrons. The minimum Gasteiger partial charge on any atom is -0.382 e. The SMILES string of the molecule is Cn1cc2c(c1-n1nc(N)c3c1CN(S(C)(=O)=O)CC3)C(C=O)CCC2. The van der Waals surface area contributed by atoms with E-state index in [1.54, 1.807) is 4.68 Å². The molecule has 1 aliphatic heterocycles. The van der Waals surface area contributed by atoms with Gasteiger partial charge in [0, 0.05) is 36.8 Å². The van der Waals surface area contributed by atoms with E-state index in [0.29, 0.717) is 18.8 Å². The van der Waals surface area contributed by atoms with E-state index < -0.39 is 10.0 Å². The number of sulfonamides is 1. The molecule has 1 unspecified atom stereocenters. The van der Waals surface area contributed by atoms with Crippen molar-refractivity contribution in [2.24, 2.45) is 7.05 Å². The molecule has 0 saturated heterocycles. The molecule has 1 atom stereocenters. The monoisotopic (exact) mass is 377 g/mol. The standard InChI is InChI=1S/C17H23N5O3S/c1-20-8-11-4-3-5-12(10-23)15(11)17(20)22-14-9-21(26(2,24)25)7-6-13(14)16(18)19-22/h8,10,12H,3-7,9H2,1-2H3,(H2,18,19).